The minimum atomic E-state index is -1.08. The number of aliphatic carboxylic acids is 2. The number of carboxylic acid groups (broad SMARTS) is 2. The van der Waals surface area contributed by atoms with Crippen LogP contribution in [0.15, 0.2) is 0 Å². The Morgan fingerprint density at radius 2 is 1.00 bits per heavy atom. The first kappa shape index (κ1) is 22.4. The van der Waals surface area contributed by atoms with Crippen molar-refractivity contribution in [2.75, 3.05) is 0 Å². The molecule has 0 atom stereocenters. The van der Waals surface area contributed by atoms with Crippen molar-refractivity contribution in [3.63, 3.8) is 0 Å². The van der Waals surface area contributed by atoms with Crippen molar-refractivity contribution in [3.05, 3.63) is 0 Å². The summed E-state index contributed by atoms with van der Waals surface area (Å²) in [7, 11) is 0. The van der Waals surface area contributed by atoms with E-state index in [1.54, 1.807) is 0 Å². The summed E-state index contributed by atoms with van der Waals surface area (Å²) in [4.78, 5) is 17.8. The van der Waals surface area contributed by atoms with E-state index in [1.165, 1.54) is 0 Å². The van der Waals surface area contributed by atoms with Gasteiger partial charge in [0.2, 0.25) is 0 Å². The predicted octanol–water partition coefficient (Wildman–Crippen LogP) is -2.47. The normalized spacial score (nSPS) is 5.09. The van der Waals surface area contributed by atoms with Crippen molar-refractivity contribution >= 4 is 11.9 Å². The van der Waals surface area contributed by atoms with E-state index in [0.717, 1.165) is 13.8 Å². The van der Waals surface area contributed by atoms with Gasteiger partial charge in [-0.2, -0.15) is 0 Å². The molecule has 0 aliphatic heterocycles. The molecule has 7 heteroatoms. The second kappa shape index (κ2) is 22.8. The van der Waals surface area contributed by atoms with Gasteiger partial charge in [0.1, 0.15) is 0 Å². The number of carboxylic acids is 2. The largest absolute Gasteiger partial charge is 2.00 e. The summed E-state index contributed by atoms with van der Waals surface area (Å²) in [6.45, 7) is 1.94. The number of hydrogen-bond donors (Lipinski definition) is 2. The van der Waals surface area contributed by atoms with Crippen LogP contribution in [-0.2, 0) is 26.7 Å². The molecule has 0 saturated heterocycles. The predicted molar refractivity (Wildman–Crippen MR) is 26.6 cm³/mol. The van der Waals surface area contributed by atoms with Crippen molar-refractivity contribution in [2.24, 2.45) is 0 Å². The molecule has 0 amide bonds. The van der Waals surface area contributed by atoms with E-state index in [0.29, 0.717) is 0 Å². The average molecular weight is 216 g/mol. The van der Waals surface area contributed by atoms with Crippen LogP contribution in [-0.4, -0.2) is 22.5 Å². The molecule has 2 N–H and O–H groups in total. The Morgan fingerprint density at radius 3 is 1.00 bits per heavy atom. The molecule has 1 radical (unpaired) electrons. The van der Waals surface area contributed by atoms with Gasteiger partial charge in [0.15, 0.2) is 0 Å². The van der Waals surface area contributed by atoms with Gasteiger partial charge in [0.25, 0.3) is 0 Å². The minimum absolute atomic E-state index is 0. The van der Waals surface area contributed by atoms with Crippen LogP contribution >= 0.6 is 0 Å². The molecule has 11 heavy (non-hydrogen) atoms. The summed E-state index contributed by atoms with van der Waals surface area (Å²) in [6, 6.07) is 0. The average Bonchev–Trinajstić information content (AvgIpc) is 1.66. The summed E-state index contributed by atoms with van der Waals surface area (Å²) in [5.74, 6) is -2.17. The van der Waals surface area contributed by atoms with Gasteiger partial charge in [-0.05, 0) is 13.8 Å². The Kier molecular flexibility index (Phi) is 46.4. The molecule has 0 saturated carbocycles. The molecule has 0 aliphatic rings. The second-order valence-electron chi connectivity index (χ2n) is 0.983. The van der Waals surface area contributed by atoms with Gasteiger partial charge in [-0.1, -0.05) is 0 Å². The van der Waals surface area contributed by atoms with E-state index in [-0.39, 0.29) is 17.1 Å². The number of carbonyl (C=O) groups excluding carboxylic acids is 2. The number of carbonyl (C=O) groups is 2. The Labute approximate surface area is 73.9 Å². The van der Waals surface area contributed by atoms with E-state index in [1.807, 2.05) is 0 Å². The zero-order chi connectivity index (χ0) is 9.15. The molecular weight excluding hydrogens is 208 g/mol. The molecule has 0 spiro atoms. The maximum Gasteiger partial charge on any atom is 2.00 e. The van der Waals surface area contributed by atoms with Crippen molar-refractivity contribution in [1.82, 2.24) is 0 Å². The molecule has 0 aromatic rings. The van der Waals surface area contributed by atoms with Crippen LogP contribution in [0.1, 0.15) is 13.8 Å². The van der Waals surface area contributed by atoms with Crippen LogP contribution < -0.4 is 10.2 Å². The van der Waals surface area contributed by atoms with Crippen molar-refractivity contribution in [2.45, 2.75) is 13.8 Å². The van der Waals surface area contributed by atoms with Crippen molar-refractivity contribution < 1.29 is 47.4 Å². The van der Waals surface area contributed by atoms with Gasteiger partial charge >= 0.3 is 17.1 Å². The third-order valence-electron chi connectivity index (χ3n) is 0. The van der Waals surface area contributed by atoms with E-state index in [2.05, 4.69) is 0 Å². The Bertz CT molecular complexity index is 72.6. The Balaban J connectivity index is -0.0000000339. The van der Waals surface area contributed by atoms with Crippen LogP contribution in [0, 0.1) is 0 Å². The van der Waals surface area contributed by atoms with Gasteiger partial charge in [0.05, 0.1) is 0 Å². The summed E-state index contributed by atoms with van der Waals surface area (Å²) in [5.41, 5.74) is 0. The molecule has 0 aliphatic carbocycles. The SMILES string of the molecule is CC(=O)[O-].CC(=O)[O-].OO.[Cu+2]. The van der Waals surface area contributed by atoms with Crippen LogP contribution in [0.5, 0.6) is 0 Å². The summed E-state index contributed by atoms with van der Waals surface area (Å²) >= 11 is 0. The zero-order valence-electron chi connectivity index (χ0n) is 5.83. The van der Waals surface area contributed by atoms with Crippen LogP contribution in [0.4, 0.5) is 0 Å². The molecule has 71 valence electrons. The molecule has 0 heterocycles. The quantitative estimate of drug-likeness (QED) is 0.262. The Hall–Kier alpha value is -0.621. The summed E-state index contributed by atoms with van der Waals surface area (Å²) in [5, 5.41) is 29.8. The third-order valence-corrected chi connectivity index (χ3v) is 0. The molecule has 0 rings (SSSR count). The monoisotopic (exact) mass is 215 g/mol. The fourth-order valence-corrected chi connectivity index (χ4v) is 0. The Morgan fingerprint density at radius 1 is 1.00 bits per heavy atom. The zero-order valence-corrected chi connectivity index (χ0v) is 6.77. The second-order valence-corrected chi connectivity index (χ2v) is 0.983. The van der Waals surface area contributed by atoms with E-state index >= 15 is 0 Å². The summed E-state index contributed by atoms with van der Waals surface area (Å²) < 4.78 is 0. The molecule has 0 bridgehead atoms. The van der Waals surface area contributed by atoms with Crippen LogP contribution in [0.3, 0.4) is 0 Å². The molecular formula is C4H8CuO6. The number of rotatable bonds is 0. The van der Waals surface area contributed by atoms with Crippen LogP contribution in [0.2, 0.25) is 0 Å². The first-order valence-corrected chi connectivity index (χ1v) is 2.02. The van der Waals surface area contributed by atoms with Gasteiger partial charge in [-0.3, -0.25) is 10.5 Å². The van der Waals surface area contributed by atoms with Gasteiger partial charge in [-0.15, -0.1) is 0 Å². The topological polar surface area (TPSA) is 121 Å². The molecule has 0 aromatic carbocycles. The van der Waals surface area contributed by atoms with Gasteiger partial charge in [-0.25, -0.2) is 0 Å². The van der Waals surface area contributed by atoms with Crippen LogP contribution in [0.25, 0.3) is 0 Å². The molecule has 0 aromatic heterocycles. The van der Waals surface area contributed by atoms with E-state index < -0.39 is 11.9 Å². The van der Waals surface area contributed by atoms with E-state index in [9.17, 15) is 0 Å². The van der Waals surface area contributed by atoms with Gasteiger partial charge < -0.3 is 19.8 Å². The first-order chi connectivity index (χ1) is 4.46. The summed E-state index contributed by atoms with van der Waals surface area (Å²) in [6.07, 6.45) is 0. The van der Waals surface area contributed by atoms with Crippen molar-refractivity contribution in [1.29, 1.82) is 0 Å². The third kappa shape index (κ3) is 1330. The standard InChI is InChI=1S/2C2H4O2.Cu.H2O2/c2*1-2(3)4;;1-2/h2*1H3,(H,3,4);;1-2H/q;;+2;/p-2. The molecule has 0 fully saturated rings. The maximum absolute atomic E-state index is 8.89. The maximum atomic E-state index is 8.89. The van der Waals surface area contributed by atoms with Gasteiger partial charge in [0, 0.05) is 11.9 Å². The smallest absolute Gasteiger partial charge is 0.550 e. The fourth-order valence-electron chi connectivity index (χ4n) is 0. The van der Waals surface area contributed by atoms with E-state index in [4.69, 9.17) is 30.3 Å². The minimum Gasteiger partial charge on any atom is -0.550 e. The molecule has 0 unspecified atom stereocenters. The number of hydrogen-bond acceptors (Lipinski definition) is 6. The fraction of sp³-hybridized carbons (Fsp3) is 0.500. The molecule has 6 nitrogen and oxygen atoms in total. The first-order valence-electron chi connectivity index (χ1n) is 2.02. The van der Waals surface area contributed by atoms with Crippen molar-refractivity contribution in [3.8, 4) is 0 Å².